The lowest BCUT2D eigenvalue weighted by Gasteiger charge is -2.15. The van der Waals surface area contributed by atoms with Crippen molar-refractivity contribution in [1.29, 1.82) is 0 Å². The lowest BCUT2D eigenvalue weighted by molar-refractivity contribution is 0.129. The highest BCUT2D eigenvalue weighted by atomic mass is 35.5. The molecule has 1 fully saturated rings. The fraction of sp³-hybridized carbons (Fsp3) is 0.267. The van der Waals surface area contributed by atoms with Crippen LogP contribution in [0.5, 0.6) is 0 Å². The third kappa shape index (κ3) is 3.11. The molecule has 1 aliphatic heterocycles. The first kappa shape index (κ1) is 16.8. The maximum Gasteiger partial charge on any atom is 0.414 e. The Balaban J connectivity index is 1.59. The number of rotatable bonds is 4. The predicted molar refractivity (Wildman–Crippen MR) is 92.1 cm³/mol. The van der Waals surface area contributed by atoms with E-state index in [9.17, 15) is 4.79 Å². The highest BCUT2D eigenvalue weighted by Gasteiger charge is 2.33. The number of ether oxygens (including phenoxy) is 1. The Labute approximate surface area is 157 Å². The topological polar surface area (TPSA) is 99.2 Å². The van der Waals surface area contributed by atoms with Gasteiger partial charge in [0.25, 0.3) is 5.89 Å². The molecular formula is C15H12Cl2N6O3. The van der Waals surface area contributed by atoms with E-state index in [2.05, 4.69) is 20.5 Å². The molecule has 1 aliphatic rings. The molecule has 0 spiro atoms. The number of cyclic esters (lactones) is 1. The second kappa shape index (κ2) is 6.58. The molecule has 1 amide bonds. The van der Waals surface area contributed by atoms with Gasteiger partial charge in [-0.1, -0.05) is 33.6 Å². The van der Waals surface area contributed by atoms with Crippen molar-refractivity contribution in [3.05, 3.63) is 40.4 Å². The quantitative estimate of drug-likeness (QED) is 0.670. The fourth-order valence-corrected chi connectivity index (χ4v) is 3.32. The van der Waals surface area contributed by atoms with Crippen LogP contribution >= 0.6 is 23.2 Å². The van der Waals surface area contributed by atoms with Crippen LogP contribution in [0.1, 0.15) is 5.82 Å². The summed E-state index contributed by atoms with van der Waals surface area (Å²) in [6.45, 7) is 2.44. The lowest BCUT2D eigenvalue weighted by atomic mass is 10.2. The van der Waals surface area contributed by atoms with Gasteiger partial charge in [-0.25, -0.2) is 9.48 Å². The molecule has 0 N–H and O–H groups in total. The molecule has 0 radical (unpaired) electrons. The molecule has 26 heavy (non-hydrogen) atoms. The van der Waals surface area contributed by atoms with E-state index in [1.54, 1.807) is 36.1 Å². The molecule has 0 aliphatic carbocycles. The molecule has 134 valence electrons. The zero-order chi connectivity index (χ0) is 18.3. The molecule has 1 unspecified atom stereocenters. The molecule has 11 heteroatoms. The van der Waals surface area contributed by atoms with Gasteiger partial charge < -0.3 is 9.26 Å². The van der Waals surface area contributed by atoms with Gasteiger partial charge in [0, 0.05) is 6.20 Å². The number of hydrogen-bond acceptors (Lipinski definition) is 7. The van der Waals surface area contributed by atoms with Gasteiger partial charge in [0.2, 0.25) is 0 Å². The van der Waals surface area contributed by atoms with E-state index in [4.69, 9.17) is 32.5 Å². The molecule has 9 nitrogen and oxygen atoms in total. The monoisotopic (exact) mass is 394 g/mol. The van der Waals surface area contributed by atoms with Crippen LogP contribution in [0.4, 0.5) is 10.5 Å². The first-order chi connectivity index (χ1) is 12.5. The highest BCUT2D eigenvalue weighted by molar-refractivity contribution is 6.39. The van der Waals surface area contributed by atoms with E-state index < -0.39 is 6.09 Å². The standard InChI is InChI=1S/C15H12Cl2N6O3/c1-8-19-14(26-20-8)13-11(16)4-9(5-12(13)17)23-7-10(25-15(23)24)6-22-3-2-18-21-22/h2-5,10H,6-7H2,1H3. The van der Waals surface area contributed by atoms with Gasteiger partial charge in [0.05, 0.1) is 40.6 Å². The van der Waals surface area contributed by atoms with E-state index in [0.717, 1.165) is 0 Å². The molecule has 4 rings (SSSR count). The van der Waals surface area contributed by atoms with Crippen LogP contribution in [0.25, 0.3) is 11.5 Å². The van der Waals surface area contributed by atoms with Crippen molar-refractivity contribution in [2.45, 2.75) is 19.6 Å². The lowest BCUT2D eigenvalue weighted by Crippen LogP contribution is -2.26. The van der Waals surface area contributed by atoms with E-state index in [-0.39, 0.29) is 12.0 Å². The number of aryl methyl sites for hydroxylation is 1. The Kier molecular flexibility index (Phi) is 4.25. The molecule has 3 aromatic rings. The molecule has 0 saturated carbocycles. The van der Waals surface area contributed by atoms with Gasteiger partial charge in [0.15, 0.2) is 5.82 Å². The van der Waals surface area contributed by atoms with Crippen LogP contribution in [-0.4, -0.2) is 43.9 Å². The third-order valence-electron chi connectivity index (χ3n) is 3.82. The number of carbonyl (C=O) groups is 1. The number of hydrogen-bond donors (Lipinski definition) is 0. The summed E-state index contributed by atoms with van der Waals surface area (Å²) in [5.41, 5.74) is 0.940. The van der Waals surface area contributed by atoms with Crippen molar-refractivity contribution < 1.29 is 14.1 Å². The van der Waals surface area contributed by atoms with Gasteiger partial charge >= 0.3 is 6.09 Å². The fourth-order valence-electron chi connectivity index (χ4n) is 2.68. The number of nitrogens with zero attached hydrogens (tertiary/aromatic N) is 6. The summed E-state index contributed by atoms with van der Waals surface area (Å²) in [4.78, 5) is 17.8. The Morgan fingerprint density at radius 2 is 2.08 bits per heavy atom. The van der Waals surface area contributed by atoms with Crippen molar-refractivity contribution in [2.75, 3.05) is 11.4 Å². The van der Waals surface area contributed by atoms with Crippen molar-refractivity contribution in [3.8, 4) is 11.5 Å². The minimum Gasteiger partial charge on any atom is -0.442 e. The summed E-state index contributed by atoms with van der Waals surface area (Å²) in [6, 6.07) is 3.23. The zero-order valence-corrected chi connectivity index (χ0v) is 15.0. The normalized spacial score (nSPS) is 17.0. The molecule has 3 heterocycles. The maximum absolute atomic E-state index is 12.2. The average Bonchev–Trinajstić information content (AvgIpc) is 3.30. The van der Waals surface area contributed by atoms with Crippen molar-refractivity contribution in [1.82, 2.24) is 25.1 Å². The van der Waals surface area contributed by atoms with Crippen molar-refractivity contribution >= 4 is 35.0 Å². The Bertz CT molecular complexity index is 935. The Morgan fingerprint density at radius 3 is 2.69 bits per heavy atom. The number of carbonyl (C=O) groups excluding carboxylic acids is 1. The van der Waals surface area contributed by atoms with E-state index in [1.165, 1.54) is 4.90 Å². The second-order valence-electron chi connectivity index (χ2n) is 5.67. The number of amides is 1. The Hall–Kier alpha value is -2.65. The summed E-state index contributed by atoms with van der Waals surface area (Å²) in [5, 5.41) is 11.9. The molecule has 1 atom stereocenters. The van der Waals surface area contributed by atoms with Gasteiger partial charge in [-0.15, -0.1) is 5.10 Å². The zero-order valence-electron chi connectivity index (χ0n) is 13.5. The molecule has 1 aromatic carbocycles. The van der Waals surface area contributed by atoms with Gasteiger partial charge in [0.1, 0.15) is 6.10 Å². The minimum absolute atomic E-state index is 0.220. The van der Waals surface area contributed by atoms with Gasteiger partial charge in [-0.2, -0.15) is 4.98 Å². The summed E-state index contributed by atoms with van der Waals surface area (Å²) >= 11 is 12.7. The van der Waals surface area contributed by atoms with Gasteiger partial charge in [-0.05, 0) is 19.1 Å². The highest BCUT2D eigenvalue weighted by Crippen LogP contribution is 2.38. The number of aromatic nitrogens is 5. The summed E-state index contributed by atoms with van der Waals surface area (Å²) in [7, 11) is 0. The van der Waals surface area contributed by atoms with Crippen LogP contribution in [-0.2, 0) is 11.3 Å². The number of halogens is 2. The number of benzene rings is 1. The predicted octanol–water partition coefficient (Wildman–Crippen LogP) is 2.97. The van der Waals surface area contributed by atoms with Crippen molar-refractivity contribution in [3.63, 3.8) is 0 Å². The summed E-state index contributed by atoms with van der Waals surface area (Å²) in [5.74, 6) is 0.687. The van der Waals surface area contributed by atoms with Crippen LogP contribution < -0.4 is 4.90 Å². The van der Waals surface area contributed by atoms with Crippen LogP contribution in [0.15, 0.2) is 29.0 Å². The first-order valence-corrected chi connectivity index (χ1v) is 8.39. The van der Waals surface area contributed by atoms with Crippen LogP contribution in [0.3, 0.4) is 0 Å². The Morgan fingerprint density at radius 1 is 1.31 bits per heavy atom. The SMILES string of the molecule is Cc1noc(-c2c(Cl)cc(N3CC(Cn4ccnn4)OC3=O)cc2Cl)n1. The molecular weight excluding hydrogens is 383 g/mol. The molecule has 1 saturated heterocycles. The number of anilines is 1. The van der Waals surface area contributed by atoms with E-state index in [0.29, 0.717) is 40.2 Å². The van der Waals surface area contributed by atoms with Crippen LogP contribution in [0, 0.1) is 6.92 Å². The van der Waals surface area contributed by atoms with E-state index in [1.807, 2.05) is 0 Å². The maximum atomic E-state index is 12.2. The van der Waals surface area contributed by atoms with E-state index >= 15 is 0 Å². The average molecular weight is 395 g/mol. The summed E-state index contributed by atoms with van der Waals surface area (Å²) < 4.78 is 12.1. The van der Waals surface area contributed by atoms with Crippen LogP contribution in [0.2, 0.25) is 10.0 Å². The largest absolute Gasteiger partial charge is 0.442 e. The first-order valence-electron chi connectivity index (χ1n) is 7.63. The third-order valence-corrected chi connectivity index (χ3v) is 4.41. The summed E-state index contributed by atoms with van der Waals surface area (Å²) in [6.07, 6.45) is 2.42. The second-order valence-corrected chi connectivity index (χ2v) is 6.49. The molecule has 2 aromatic heterocycles. The minimum atomic E-state index is -0.483. The smallest absolute Gasteiger partial charge is 0.414 e. The van der Waals surface area contributed by atoms with Gasteiger partial charge in [-0.3, -0.25) is 4.90 Å². The van der Waals surface area contributed by atoms with Crippen molar-refractivity contribution in [2.24, 2.45) is 0 Å². The molecule has 0 bridgehead atoms.